The molecular weight excluding hydrogens is 265 g/mol. The van der Waals surface area contributed by atoms with Gasteiger partial charge in [0.05, 0.1) is 0 Å². The quantitative estimate of drug-likeness (QED) is 0.829. The third kappa shape index (κ3) is 2.24. The fourth-order valence-electron chi connectivity index (χ4n) is 1.56. The van der Waals surface area contributed by atoms with Crippen molar-refractivity contribution < 1.29 is 14.7 Å². The molecule has 1 aromatic rings. The van der Waals surface area contributed by atoms with Crippen molar-refractivity contribution in [2.24, 2.45) is 0 Å². The number of hydroxylamine groups is 1. The summed E-state index contributed by atoms with van der Waals surface area (Å²) in [4.78, 5) is 15.8. The van der Waals surface area contributed by atoms with Crippen LogP contribution in [-0.4, -0.2) is 17.7 Å². The third-order valence-electron chi connectivity index (χ3n) is 2.42. The highest BCUT2D eigenvalue weighted by Crippen LogP contribution is 2.43. The van der Waals surface area contributed by atoms with E-state index in [0.29, 0.717) is 11.1 Å². The first-order chi connectivity index (χ1) is 8.03. The maximum absolute atomic E-state index is 11.0. The number of rotatable bonds is 3. The fraction of sp³-hybridized carbons (Fsp3) is 0.182. The van der Waals surface area contributed by atoms with Gasteiger partial charge < -0.3 is 5.11 Å². The van der Waals surface area contributed by atoms with Crippen LogP contribution in [0.4, 0.5) is 0 Å². The molecule has 1 aliphatic heterocycles. The summed E-state index contributed by atoms with van der Waals surface area (Å²) in [6, 6.07) is 8.83. The first kappa shape index (κ1) is 12.2. The minimum Gasteiger partial charge on any atom is -0.477 e. The first-order valence-electron chi connectivity index (χ1n) is 4.81. The molecule has 0 amide bonds. The van der Waals surface area contributed by atoms with E-state index in [1.54, 1.807) is 24.3 Å². The number of halogens is 2. The van der Waals surface area contributed by atoms with Crippen LogP contribution in [0.3, 0.4) is 0 Å². The number of carboxylic acids is 1. The molecule has 1 aliphatic rings. The summed E-state index contributed by atoms with van der Waals surface area (Å²) in [7, 11) is 0. The lowest BCUT2D eigenvalue weighted by Gasteiger charge is -2.20. The fourth-order valence-corrected chi connectivity index (χ4v) is 2.11. The van der Waals surface area contributed by atoms with E-state index in [2.05, 4.69) is 5.48 Å². The molecule has 0 unspecified atom stereocenters. The zero-order valence-corrected chi connectivity index (χ0v) is 10.1. The highest BCUT2D eigenvalue weighted by atomic mass is 35.5. The van der Waals surface area contributed by atoms with E-state index in [9.17, 15) is 4.79 Å². The average Bonchev–Trinajstić information content (AvgIpc) is 2.80. The Morgan fingerprint density at radius 3 is 2.59 bits per heavy atom. The maximum atomic E-state index is 11.0. The molecule has 0 saturated carbocycles. The Morgan fingerprint density at radius 2 is 2.00 bits per heavy atom. The van der Waals surface area contributed by atoms with Crippen molar-refractivity contribution in [3.8, 4) is 0 Å². The van der Waals surface area contributed by atoms with Crippen molar-refractivity contribution in [3.05, 3.63) is 47.2 Å². The summed E-state index contributed by atoms with van der Waals surface area (Å²) in [5.74, 6) is -1.15. The molecule has 0 radical (unpaired) electrons. The van der Waals surface area contributed by atoms with Crippen molar-refractivity contribution in [1.29, 1.82) is 0 Å². The van der Waals surface area contributed by atoms with Crippen LogP contribution in [0.25, 0.3) is 0 Å². The van der Waals surface area contributed by atoms with Gasteiger partial charge in [-0.2, -0.15) is 0 Å². The predicted molar refractivity (Wildman–Crippen MR) is 63.6 cm³/mol. The summed E-state index contributed by atoms with van der Waals surface area (Å²) >= 11 is 12.5. The standard InChI is InChI=1S/C11H9Cl2NO3/c12-11(13,7-4-2-1-3-5-7)8-6-17-14-9(8)10(15)16/h1-5,14H,6H2,(H,15,16). The SMILES string of the molecule is O=C(O)C1=C(C(Cl)(Cl)c2ccccc2)CON1. The average molecular weight is 274 g/mol. The van der Waals surface area contributed by atoms with Gasteiger partial charge >= 0.3 is 5.97 Å². The number of benzene rings is 1. The lowest BCUT2D eigenvalue weighted by Crippen LogP contribution is -2.20. The summed E-state index contributed by atoms with van der Waals surface area (Å²) in [6.45, 7) is 0.0313. The van der Waals surface area contributed by atoms with Gasteiger partial charge in [-0.1, -0.05) is 53.5 Å². The minimum absolute atomic E-state index is 0.0313. The van der Waals surface area contributed by atoms with Gasteiger partial charge in [0.15, 0.2) is 10.0 Å². The molecule has 90 valence electrons. The Bertz CT molecular complexity index is 471. The van der Waals surface area contributed by atoms with Crippen LogP contribution in [0.1, 0.15) is 5.56 Å². The summed E-state index contributed by atoms with van der Waals surface area (Å²) < 4.78 is -1.42. The van der Waals surface area contributed by atoms with Gasteiger partial charge in [0, 0.05) is 5.57 Å². The molecule has 6 heteroatoms. The van der Waals surface area contributed by atoms with Crippen LogP contribution in [0.15, 0.2) is 41.6 Å². The van der Waals surface area contributed by atoms with Crippen molar-refractivity contribution in [3.63, 3.8) is 0 Å². The normalized spacial score (nSPS) is 15.9. The van der Waals surface area contributed by atoms with Gasteiger partial charge in [-0.25, -0.2) is 4.79 Å². The lowest BCUT2D eigenvalue weighted by atomic mass is 10.0. The van der Waals surface area contributed by atoms with Crippen molar-refractivity contribution >= 4 is 29.2 Å². The van der Waals surface area contributed by atoms with E-state index in [1.165, 1.54) is 0 Å². The summed E-state index contributed by atoms with van der Waals surface area (Å²) in [5.41, 5.74) is 3.07. The molecule has 2 N–H and O–H groups in total. The molecule has 4 nitrogen and oxygen atoms in total. The van der Waals surface area contributed by atoms with Crippen LogP contribution in [0.5, 0.6) is 0 Å². The van der Waals surface area contributed by atoms with Crippen LogP contribution >= 0.6 is 23.2 Å². The van der Waals surface area contributed by atoms with Gasteiger partial charge in [0.25, 0.3) is 0 Å². The molecule has 0 atom stereocenters. The Kier molecular flexibility index (Phi) is 3.28. The smallest absolute Gasteiger partial charge is 0.354 e. The van der Waals surface area contributed by atoms with Gasteiger partial charge in [0.2, 0.25) is 0 Å². The van der Waals surface area contributed by atoms with E-state index in [-0.39, 0.29) is 12.3 Å². The number of alkyl halides is 2. The highest BCUT2D eigenvalue weighted by Gasteiger charge is 2.38. The van der Waals surface area contributed by atoms with Gasteiger partial charge in [-0.3, -0.25) is 10.3 Å². The first-order valence-corrected chi connectivity index (χ1v) is 5.57. The Hall–Kier alpha value is -1.23. The van der Waals surface area contributed by atoms with Crippen molar-refractivity contribution in [2.45, 2.75) is 4.33 Å². The molecule has 0 aliphatic carbocycles. The van der Waals surface area contributed by atoms with E-state index >= 15 is 0 Å². The van der Waals surface area contributed by atoms with Crippen LogP contribution in [-0.2, 0) is 14.0 Å². The van der Waals surface area contributed by atoms with E-state index in [1.807, 2.05) is 6.07 Å². The van der Waals surface area contributed by atoms with Gasteiger partial charge in [0.1, 0.15) is 6.61 Å². The van der Waals surface area contributed by atoms with Crippen molar-refractivity contribution in [2.75, 3.05) is 6.61 Å². The molecule has 0 bridgehead atoms. The van der Waals surface area contributed by atoms with Crippen molar-refractivity contribution in [1.82, 2.24) is 5.48 Å². The predicted octanol–water partition coefficient (Wildman–Crippen LogP) is 2.19. The number of carboxylic acid groups (broad SMARTS) is 1. The van der Waals surface area contributed by atoms with E-state index < -0.39 is 10.3 Å². The van der Waals surface area contributed by atoms with Crippen LogP contribution in [0, 0.1) is 0 Å². The number of carbonyl (C=O) groups is 1. The zero-order valence-electron chi connectivity index (χ0n) is 8.61. The second kappa shape index (κ2) is 4.56. The summed E-state index contributed by atoms with van der Waals surface area (Å²) in [5, 5.41) is 8.98. The maximum Gasteiger partial charge on any atom is 0.354 e. The molecular formula is C11H9Cl2NO3. The number of nitrogens with one attached hydrogen (secondary N) is 1. The van der Waals surface area contributed by atoms with Gasteiger partial charge in [-0.15, -0.1) is 0 Å². The molecule has 0 saturated heterocycles. The molecule has 1 aromatic carbocycles. The largest absolute Gasteiger partial charge is 0.477 e. The molecule has 0 aromatic heterocycles. The third-order valence-corrected chi connectivity index (χ3v) is 3.31. The Balaban J connectivity index is 2.45. The lowest BCUT2D eigenvalue weighted by molar-refractivity contribution is -0.134. The summed E-state index contributed by atoms with van der Waals surface area (Å²) in [6.07, 6.45) is 0. The second-order valence-corrected chi connectivity index (χ2v) is 4.82. The molecule has 17 heavy (non-hydrogen) atoms. The van der Waals surface area contributed by atoms with Crippen LogP contribution in [0.2, 0.25) is 0 Å². The zero-order chi connectivity index (χ0) is 12.5. The van der Waals surface area contributed by atoms with E-state index in [4.69, 9.17) is 33.1 Å². The van der Waals surface area contributed by atoms with Gasteiger partial charge in [-0.05, 0) is 5.56 Å². The highest BCUT2D eigenvalue weighted by molar-refractivity contribution is 6.50. The second-order valence-electron chi connectivity index (χ2n) is 3.49. The minimum atomic E-state index is -1.42. The number of hydrogen-bond donors (Lipinski definition) is 2. The Morgan fingerprint density at radius 1 is 1.35 bits per heavy atom. The van der Waals surface area contributed by atoms with Crippen LogP contribution < -0.4 is 5.48 Å². The Labute approximate surface area is 108 Å². The van der Waals surface area contributed by atoms with E-state index in [0.717, 1.165) is 0 Å². The monoisotopic (exact) mass is 273 g/mol. The number of aliphatic carboxylic acids is 1. The topological polar surface area (TPSA) is 58.6 Å². The number of hydrogen-bond acceptors (Lipinski definition) is 3. The molecule has 0 fully saturated rings. The molecule has 0 spiro atoms. The molecule has 1 heterocycles. The molecule has 2 rings (SSSR count).